The number of hydrogen-bond donors (Lipinski definition) is 3. The molecule has 13 heteroatoms. The van der Waals surface area contributed by atoms with Crippen LogP contribution in [0.2, 0.25) is 0 Å². The summed E-state index contributed by atoms with van der Waals surface area (Å²) in [5, 5.41) is 18.4. The van der Waals surface area contributed by atoms with Crippen molar-refractivity contribution in [2.75, 3.05) is 10.0 Å². The molecule has 3 aromatic rings. The molecule has 3 rings (SSSR count). The number of carbonyl (C=O) groups excluding carboxylic acids is 1. The monoisotopic (exact) mass is 476 g/mol. The SMILES string of the molecule is NS(=O)(=O)c1cccc(NC(=O)c2ccc(NS(=O)(=O)c3cccc([N+](=O)[O-])c3)cc2)c1. The van der Waals surface area contributed by atoms with Crippen LogP contribution in [-0.4, -0.2) is 27.7 Å². The zero-order valence-electron chi connectivity index (χ0n) is 16.1. The molecule has 0 aliphatic heterocycles. The first-order valence-corrected chi connectivity index (χ1v) is 11.8. The summed E-state index contributed by atoms with van der Waals surface area (Å²) < 4.78 is 50.1. The number of nitrogens with one attached hydrogen (secondary N) is 2. The third kappa shape index (κ3) is 5.46. The van der Waals surface area contributed by atoms with Crippen LogP contribution < -0.4 is 15.2 Å². The zero-order chi connectivity index (χ0) is 23.5. The molecule has 11 nitrogen and oxygen atoms in total. The van der Waals surface area contributed by atoms with Crippen molar-refractivity contribution < 1.29 is 26.6 Å². The molecule has 0 aliphatic rings. The fourth-order valence-corrected chi connectivity index (χ4v) is 4.28. The first-order chi connectivity index (χ1) is 15.0. The van der Waals surface area contributed by atoms with Gasteiger partial charge in [-0.15, -0.1) is 0 Å². The van der Waals surface area contributed by atoms with Crippen molar-refractivity contribution in [1.82, 2.24) is 0 Å². The lowest BCUT2D eigenvalue weighted by molar-refractivity contribution is -0.385. The first kappa shape index (κ1) is 22.9. The lowest BCUT2D eigenvalue weighted by atomic mass is 10.2. The summed E-state index contributed by atoms with van der Waals surface area (Å²) in [5.74, 6) is -0.565. The molecule has 0 fully saturated rings. The van der Waals surface area contributed by atoms with Gasteiger partial charge < -0.3 is 5.32 Å². The molecule has 0 unspecified atom stereocenters. The Kier molecular flexibility index (Phi) is 6.25. The van der Waals surface area contributed by atoms with Crippen LogP contribution in [0, 0.1) is 10.1 Å². The van der Waals surface area contributed by atoms with E-state index in [0.29, 0.717) is 0 Å². The third-order valence-electron chi connectivity index (χ3n) is 4.16. The minimum Gasteiger partial charge on any atom is -0.322 e. The number of hydrogen-bond acceptors (Lipinski definition) is 7. The highest BCUT2D eigenvalue weighted by Gasteiger charge is 2.18. The molecule has 0 atom stereocenters. The molecule has 166 valence electrons. The van der Waals surface area contributed by atoms with E-state index >= 15 is 0 Å². The molecule has 0 radical (unpaired) electrons. The number of nitro benzene ring substituents is 1. The minimum absolute atomic E-state index is 0.129. The van der Waals surface area contributed by atoms with Gasteiger partial charge >= 0.3 is 0 Å². The molecular formula is C19H16N4O7S2. The largest absolute Gasteiger partial charge is 0.322 e. The molecule has 0 bridgehead atoms. The summed E-state index contributed by atoms with van der Waals surface area (Å²) in [6, 6.07) is 15.3. The number of nitrogens with zero attached hydrogens (tertiary/aromatic N) is 1. The van der Waals surface area contributed by atoms with Crippen LogP contribution in [0.1, 0.15) is 10.4 Å². The molecular weight excluding hydrogens is 460 g/mol. The van der Waals surface area contributed by atoms with E-state index in [1.807, 2.05) is 0 Å². The van der Waals surface area contributed by atoms with Gasteiger partial charge in [0.15, 0.2) is 0 Å². The summed E-state index contributed by atoms with van der Waals surface area (Å²) >= 11 is 0. The second-order valence-electron chi connectivity index (χ2n) is 6.46. The van der Waals surface area contributed by atoms with Gasteiger partial charge in [-0.2, -0.15) is 0 Å². The third-order valence-corrected chi connectivity index (χ3v) is 6.45. The Hall–Kier alpha value is -3.81. The number of nitro groups is 1. The second-order valence-corrected chi connectivity index (χ2v) is 9.71. The maximum Gasteiger partial charge on any atom is 0.270 e. The smallest absolute Gasteiger partial charge is 0.270 e. The Balaban J connectivity index is 1.74. The van der Waals surface area contributed by atoms with Gasteiger partial charge in [-0.05, 0) is 48.5 Å². The molecule has 32 heavy (non-hydrogen) atoms. The quantitative estimate of drug-likeness (QED) is 0.346. The van der Waals surface area contributed by atoms with Gasteiger partial charge in [0.1, 0.15) is 0 Å². The van der Waals surface area contributed by atoms with E-state index in [-0.39, 0.29) is 32.4 Å². The number of rotatable bonds is 7. The van der Waals surface area contributed by atoms with Crippen molar-refractivity contribution in [2.45, 2.75) is 9.79 Å². The lowest BCUT2D eigenvalue weighted by Crippen LogP contribution is -2.15. The summed E-state index contributed by atoms with van der Waals surface area (Å²) in [6.07, 6.45) is 0. The van der Waals surface area contributed by atoms with E-state index in [1.165, 1.54) is 66.7 Å². The highest BCUT2D eigenvalue weighted by atomic mass is 32.2. The Morgan fingerprint density at radius 3 is 2.09 bits per heavy atom. The second kappa shape index (κ2) is 8.74. The van der Waals surface area contributed by atoms with Crippen LogP contribution in [0.3, 0.4) is 0 Å². The van der Waals surface area contributed by atoms with Crippen molar-refractivity contribution in [3.63, 3.8) is 0 Å². The van der Waals surface area contributed by atoms with E-state index in [0.717, 1.165) is 6.07 Å². The van der Waals surface area contributed by atoms with Gasteiger partial charge in [-0.3, -0.25) is 19.6 Å². The van der Waals surface area contributed by atoms with Crippen molar-refractivity contribution >= 4 is 43.0 Å². The number of anilines is 2. The summed E-state index contributed by atoms with van der Waals surface area (Å²) in [4.78, 5) is 22.1. The van der Waals surface area contributed by atoms with Gasteiger partial charge in [0, 0.05) is 29.1 Å². The fourth-order valence-electron chi connectivity index (χ4n) is 2.62. The van der Waals surface area contributed by atoms with E-state index < -0.39 is 30.9 Å². The Morgan fingerprint density at radius 2 is 1.47 bits per heavy atom. The normalized spacial score (nSPS) is 11.5. The van der Waals surface area contributed by atoms with Gasteiger partial charge in [0.05, 0.1) is 14.7 Å². The molecule has 0 aromatic heterocycles. The van der Waals surface area contributed by atoms with E-state index in [1.54, 1.807) is 0 Å². The van der Waals surface area contributed by atoms with Crippen molar-refractivity contribution in [2.24, 2.45) is 5.14 Å². The average Bonchev–Trinajstić information content (AvgIpc) is 2.73. The standard InChI is InChI=1S/C19H16N4O7S2/c20-31(27,28)17-5-1-3-15(11-17)21-19(24)13-7-9-14(10-8-13)22-32(29,30)18-6-2-4-16(12-18)23(25)26/h1-12,22H,(H,21,24)(H2,20,27,28). The van der Waals surface area contributed by atoms with Crippen LogP contribution in [0.25, 0.3) is 0 Å². The first-order valence-electron chi connectivity index (χ1n) is 8.77. The molecule has 3 aromatic carbocycles. The van der Waals surface area contributed by atoms with Crippen molar-refractivity contribution in [3.8, 4) is 0 Å². The Bertz CT molecular complexity index is 1400. The topological polar surface area (TPSA) is 179 Å². The van der Waals surface area contributed by atoms with Crippen molar-refractivity contribution in [3.05, 3.63) is 88.5 Å². The molecule has 4 N–H and O–H groups in total. The molecule has 0 saturated heterocycles. The van der Waals surface area contributed by atoms with Crippen LogP contribution in [0.15, 0.2) is 82.6 Å². The molecule has 0 aliphatic carbocycles. The van der Waals surface area contributed by atoms with E-state index in [2.05, 4.69) is 10.0 Å². The maximum atomic E-state index is 12.5. The molecule has 0 spiro atoms. The highest BCUT2D eigenvalue weighted by Crippen LogP contribution is 2.21. The molecule has 1 amide bonds. The van der Waals surface area contributed by atoms with Crippen LogP contribution in [-0.2, 0) is 20.0 Å². The van der Waals surface area contributed by atoms with Gasteiger partial charge in [0.2, 0.25) is 10.0 Å². The summed E-state index contributed by atoms with van der Waals surface area (Å²) in [7, 11) is -8.03. The van der Waals surface area contributed by atoms with Crippen LogP contribution >= 0.6 is 0 Å². The summed E-state index contributed by atoms with van der Waals surface area (Å²) in [5.41, 5.74) is 0.136. The molecule has 0 saturated carbocycles. The van der Waals surface area contributed by atoms with E-state index in [9.17, 15) is 31.7 Å². The molecule has 0 heterocycles. The summed E-state index contributed by atoms with van der Waals surface area (Å²) in [6.45, 7) is 0. The van der Waals surface area contributed by atoms with Crippen molar-refractivity contribution in [1.29, 1.82) is 0 Å². The number of nitrogens with two attached hydrogens (primary N) is 1. The fraction of sp³-hybridized carbons (Fsp3) is 0. The predicted molar refractivity (Wildman–Crippen MR) is 116 cm³/mol. The number of benzene rings is 3. The predicted octanol–water partition coefficient (Wildman–Crippen LogP) is 2.30. The zero-order valence-corrected chi connectivity index (χ0v) is 17.8. The number of non-ortho nitro benzene ring substituents is 1. The maximum absolute atomic E-state index is 12.5. The van der Waals surface area contributed by atoms with Crippen LogP contribution in [0.5, 0.6) is 0 Å². The highest BCUT2D eigenvalue weighted by molar-refractivity contribution is 7.92. The van der Waals surface area contributed by atoms with Gasteiger partial charge in [-0.25, -0.2) is 22.0 Å². The number of amides is 1. The Morgan fingerprint density at radius 1 is 0.844 bits per heavy atom. The number of carbonyl (C=O) groups is 1. The Labute approximate surface area is 183 Å². The van der Waals surface area contributed by atoms with Crippen LogP contribution in [0.4, 0.5) is 17.1 Å². The number of primary sulfonamides is 1. The lowest BCUT2D eigenvalue weighted by Gasteiger charge is -2.10. The average molecular weight is 476 g/mol. The van der Waals surface area contributed by atoms with Gasteiger partial charge in [0.25, 0.3) is 21.6 Å². The number of sulfonamides is 2. The van der Waals surface area contributed by atoms with Gasteiger partial charge in [-0.1, -0.05) is 12.1 Å². The van der Waals surface area contributed by atoms with E-state index in [4.69, 9.17) is 5.14 Å². The minimum atomic E-state index is -4.09.